The maximum absolute atomic E-state index is 13.1. The zero-order valence-corrected chi connectivity index (χ0v) is 14.4. The molecule has 1 aliphatic heterocycles. The van der Waals surface area contributed by atoms with E-state index in [1.807, 2.05) is 47.4 Å². The van der Waals surface area contributed by atoms with Crippen LogP contribution >= 0.6 is 0 Å². The van der Waals surface area contributed by atoms with Crippen LogP contribution in [-0.4, -0.2) is 44.7 Å². The summed E-state index contributed by atoms with van der Waals surface area (Å²) in [5, 5.41) is 11.2. The molecule has 1 aromatic heterocycles. The summed E-state index contributed by atoms with van der Waals surface area (Å²) in [5.41, 5.74) is 2.50. The highest BCUT2D eigenvalue weighted by atomic mass is 16.5. The van der Waals surface area contributed by atoms with Crippen molar-refractivity contribution in [1.29, 1.82) is 0 Å². The molecular formula is C19H19N5O2. The van der Waals surface area contributed by atoms with Gasteiger partial charge < -0.3 is 9.64 Å². The van der Waals surface area contributed by atoms with Crippen molar-refractivity contribution >= 4 is 5.91 Å². The molecule has 0 N–H and O–H groups in total. The third kappa shape index (κ3) is 3.03. The molecule has 0 spiro atoms. The first kappa shape index (κ1) is 16.3. The number of ether oxygens (including phenoxy) is 1. The maximum Gasteiger partial charge on any atom is 0.254 e. The van der Waals surface area contributed by atoms with E-state index < -0.39 is 0 Å². The number of nitrogens with zero attached hydrogens (tertiary/aromatic N) is 5. The van der Waals surface area contributed by atoms with E-state index in [-0.39, 0.29) is 11.9 Å². The van der Waals surface area contributed by atoms with Gasteiger partial charge in [0.25, 0.3) is 5.91 Å². The van der Waals surface area contributed by atoms with Gasteiger partial charge in [-0.05, 0) is 59.2 Å². The zero-order chi connectivity index (χ0) is 17.9. The lowest BCUT2D eigenvalue weighted by atomic mass is 10.0. The van der Waals surface area contributed by atoms with Crippen LogP contribution in [0.3, 0.4) is 0 Å². The molecular weight excluding hydrogens is 330 g/mol. The van der Waals surface area contributed by atoms with Crippen LogP contribution in [0, 0.1) is 0 Å². The monoisotopic (exact) mass is 349 g/mol. The van der Waals surface area contributed by atoms with Gasteiger partial charge in [0.15, 0.2) is 0 Å². The van der Waals surface area contributed by atoms with Crippen molar-refractivity contribution in [2.45, 2.75) is 18.9 Å². The minimum absolute atomic E-state index is 0.0187. The summed E-state index contributed by atoms with van der Waals surface area (Å²) in [6.07, 6.45) is 3.45. The van der Waals surface area contributed by atoms with Crippen LogP contribution in [-0.2, 0) is 0 Å². The molecule has 1 unspecified atom stereocenters. The molecule has 2 heterocycles. The van der Waals surface area contributed by atoms with Crippen LogP contribution in [0.1, 0.15) is 34.8 Å². The molecule has 0 saturated carbocycles. The quantitative estimate of drug-likeness (QED) is 0.724. The van der Waals surface area contributed by atoms with Crippen LogP contribution < -0.4 is 4.74 Å². The second kappa shape index (κ2) is 6.95. The summed E-state index contributed by atoms with van der Waals surface area (Å²) in [7, 11) is 1.65. The fraction of sp³-hybridized carbons (Fsp3) is 0.263. The number of amides is 1. The maximum atomic E-state index is 13.1. The van der Waals surface area contributed by atoms with Gasteiger partial charge in [0.2, 0.25) is 0 Å². The van der Waals surface area contributed by atoms with E-state index in [1.54, 1.807) is 11.8 Å². The summed E-state index contributed by atoms with van der Waals surface area (Å²) in [5.74, 6) is 0.827. The molecule has 7 heteroatoms. The predicted molar refractivity (Wildman–Crippen MR) is 95.2 cm³/mol. The molecule has 1 saturated heterocycles. The largest absolute Gasteiger partial charge is 0.497 e. The Hall–Kier alpha value is -3.22. The minimum atomic E-state index is 0.0187. The number of benzene rings is 2. The van der Waals surface area contributed by atoms with E-state index in [0.717, 1.165) is 36.4 Å². The first-order valence-electron chi connectivity index (χ1n) is 8.54. The molecule has 0 bridgehead atoms. The number of likely N-dealkylation sites (tertiary alicyclic amines) is 1. The van der Waals surface area contributed by atoms with E-state index in [1.165, 1.54) is 6.33 Å². The smallest absolute Gasteiger partial charge is 0.254 e. The highest BCUT2D eigenvalue weighted by molar-refractivity contribution is 5.95. The SMILES string of the molecule is COc1cccc(C2CCCN2C(=O)c2cccc(-n3cnnn3)c2)c1. The summed E-state index contributed by atoms with van der Waals surface area (Å²) < 4.78 is 6.87. The molecule has 4 rings (SSSR count). The number of carbonyl (C=O) groups is 1. The Bertz CT molecular complexity index is 910. The number of rotatable bonds is 4. The molecule has 132 valence electrons. The molecule has 26 heavy (non-hydrogen) atoms. The van der Waals surface area contributed by atoms with E-state index >= 15 is 0 Å². The molecule has 1 atom stereocenters. The van der Waals surface area contributed by atoms with E-state index in [4.69, 9.17) is 4.74 Å². The number of hydrogen-bond donors (Lipinski definition) is 0. The van der Waals surface area contributed by atoms with Gasteiger partial charge in [-0.1, -0.05) is 18.2 Å². The van der Waals surface area contributed by atoms with Gasteiger partial charge in [-0.2, -0.15) is 0 Å². The van der Waals surface area contributed by atoms with Crippen molar-refractivity contribution in [3.63, 3.8) is 0 Å². The van der Waals surface area contributed by atoms with Crippen molar-refractivity contribution in [3.8, 4) is 11.4 Å². The van der Waals surface area contributed by atoms with E-state index in [2.05, 4.69) is 21.6 Å². The molecule has 1 amide bonds. The van der Waals surface area contributed by atoms with Gasteiger partial charge in [0.1, 0.15) is 12.1 Å². The molecule has 2 aromatic carbocycles. The van der Waals surface area contributed by atoms with Gasteiger partial charge in [-0.3, -0.25) is 4.79 Å². The Labute approximate surface area is 151 Å². The lowest BCUT2D eigenvalue weighted by molar-refractivity contribution is 0.0735. The molecule has 0 radical (unpaired) electrons. The average Bonchev–Trinajstić information content (AvgIpc) is 3.39. The van der Waals surface area contributed by atoms with Gasteiger partial charge >= 0.3 is 0 Å². The lowest BCUT2D eigenvalue weighted by Crippen LogP contribution is -2.30. The van der Waals surface area contributed by atoms with Gasteiger partial charge in [0.05, 0.1) is 18.8 Å². The molecule has 1 fully saturated rings. The highest BCUT2D eigenvalue weighted by Gasteiger charge is 2.30. The second-order valence-electron chi connectivity index (χ2n) is 6.24. The van der Waals surface area contributed by atoms with Crippen molar-refractivity contribution in [2.75, 3.05) is 13.7 Å². The lowest BCUT2D eigenvalue weighted by Gasteiger charge is -2.25. The van der Waals surface area contributed by atoms with E-state index in [0.29, 0.717) is 5.56 Å². The number of aromatic nitrogens is 4. The Morgan fingerprint density at radius 2 is 2.08 bits per heavy atom. The predicted octanol–water partition coefficient (Wildman–Crippen LogP) is 2.65. The fourth-order valence-corrected chi connectivity index (χ4v) is 3.43. The summed E-state index contributed by atoms with van der Waals surface area (Å²) >= 11 is 0. The van der Waals surface area contributed by atoms with Crippen LogP contribution in [0.4, 0.5) is 0 Å². The standard InChI is InChI=1S/C19H19N5O2/c1-26-17-8-3-5-14(12-17)18-9-4-10-23(18)19(25)15-6-2-7-16(11-15)24-13-20-21-22-24/h2-3,5-8,11-13,18H,4,9-10H2,1H3. The molecule has 0 aliphatic carbocycles. The van der Waals surface area contributed by atoms with Crippen LogP contribution in [0.25, 0.3) is 5.69 Å². The van der Waals surface area contributed by atoms with Crippen LogP contribution in [0.2, 0.25) is 0 Å². The Balaban J connectivity index is 1.62. The Kier molecular flexibility index (Phi) is 4.35. The third-order valence-corrected chi connectivity index (χ3v) is 4.70. The number of carbonyl (C=O) groups excluding carboxylic acids is 1. The van der Waals surface area contributed by atoms with Crippen LogP contribution in [0.15, 0.2) is 54.9 Å². The number of tetrazole rings is 1. The topological polar surface area (TPSA) is 73.1 Å². The van der Waals surface area contributed by atoms with Crippen molar-refractivity contribution in [1.82, 2.24) is 25.1 Å². The van der Waals surface area contributed by atoms with Crippen LogP contribution in [0.5, 0.6) is 5.75 Å². The Morgan fingerprint density at radius 3 is 2.88 bits per heavy atom. The normalized spacial score (nSPS) is 16.7. The number of methoxy groups -OCH3 is 1. The number of hydrogen-bond acceptors (Lipinski definition) is 5. The molecule has 3 aromatic rings. The highest BCUT2D eigenvalue weighted by Crippen LogP contribution is 2.34. The zero-order valence-electron chi connectivity index (χ0n) is 14.4. The Morgan fingerprint density at radius 1 is 1.19 bits per heavy atom. The molecule has 7 nitrogen and oxygen atoms in total. The summed E-state index contributed by atoms with van der Waals surface area (Å²) in [6, 6.07) is 15.4. The first-order valence-corrected chi connectivity index (χ1v) is 8.54. The average molecular weight is 349 g/mol. The van der Waals surface area contributed by atoms with Crippen molar-refractivity contribution in [2.24, 2.45) is 0 Å². The van der Waals surface area contributed by atoms with E-state index in [9.17, 15) is 4.79 Å². The summed E-state index contributed by atoms with van der Waals surface area (Å²) in [6.45, 7) is 0.746. The molecule has 1 aliphatic rings. The van der Waals surface area contributed by atoms with Gasteiger partial charge in [0, 0.05) is 12.1 Å². The van der Waals surface area contributed by atoms with Gasteiger partial charge in [-0.15, -0.1) is 5.10 Å². The second-order valence-corrected chi connectivity index (χ2v) is 6.24. The third-order valence-electron chi connectivity index (χ3n) is 4.70. The van der Waals surface area contributed by atoms with Crippen molar-refractivity contribution < 1.29 is 9.53 Å². The fourth-order valence-electron chi connectivity index (χ4n) is 3.43. The van der Waals surface area contributed by atoms with Crippen molar-refractivity contribution in [3.05, 3.63) is 66.0 Å². The minimum Gasteiger partial charge on any atom is -0.497 e. The first-order chi connectivity index (χ1) is 12.8. The summed E-state index contributed by atoms with van der Waals surface area (Å²) in [4.78, 5) is 15.1. The van der Waals surface area contributed by atoms with Gasteiger partial charge in [-0.25, -0.2) is 4.68 Å².